The average molecular weight is 118 g/mol. The second-order valence-corrected chi connectivity index (χ2v) is 4.52. The molecule has 0 nitrogen and oxygen atoms in total. The molecule has 0 fully saturated rings. The SMILES string of the molecule is S=P1=CCCC1. The Morgan fingerprint density at radius 1 is 1.67 bits per heavy atom. The van der Waals surface area contributed by atoms with Crippen LogP contribution in [0.15, 0.2) is 0 Å². The van der Waals surface area contributed by atoms with Crippen LogP contribution in [0, 0.1) is 0 Å². The summed E-state index contributed by atoms with van der Waals surface area (Å²) in [7, 11) is 0. The first-order valence-electron chi connectivity index (χ1n) is 2.17. The van der Waals surface area contributed by atoms with E-state index in [4.69, 9.17) is 11.8 Å². The van der Waals surface area contributed by atoms with Crippen molar-refractivity contribution in [3.63, 3.8) is 0 Å². The third kappa shape index (κ3) is 0.924. The molecular weight excluding hydrogens is 111 g/mol. The molecule has 1 aliphatic heterocycles. The first-order chi connectivity index (χ1) is 2.89. The lowest BCUT2D eigenvalue weighted by molar-refractivity contribution is 1.05. The van der Waals surface area contributed by atoms with E-state index < -0.39 is 0 Å². The van der Waals surface area contributed by atoms with Gasteiger partial charge in [-0.3, -0.25) is 0 Å². The second-order valence-electron chi connectivity index (χ2n) is 1.47. The lowest BCUT2D eigenvalue weighted by atomic mass is 10.4. The first kappa shape index (κ1) is 4.55. The topological polar surface area (TPSA) is 0 Å². The zero-order chi connectivity index (χ0) is 4.41. The van der Waals surface area contributed by atoms with E-state index in [1.165, 1.54) is 19.0 Å². The minimum atomic E-state index is -0.00669. The van der Waals surface area contributed by atoms with Crippen LogP contribution in [0.25, 0.3) is 0 Å². The molecule has 0 aromatic carbocycles. The standard InChI is InChI=1S/C4H7PS/c6-5-3-1-2-4-5/h3H,1-2,4H2. The van der Waals surface area contributed by atoms with Crippen LogP contribution in [-0.4, -0.2) is 12.0 Å². The minimum absolute atomic E-state index is 0.00669. The van der Waals surface area contributed by atoms with Gasteiger partial charge in [0.2, 0.25) is 0 Å². The number of hydrogen-bond donors (Lipinski definition) is 0. The maximum atomic E-state index is 5.01. The molecule has 1 atom stereocenters. The van der Waals surface area contributed by atoms with Crippen molar-refractivity contribution >= 4 is 23.9 Å². The van der Waals surface area contributed by atoms with Crippen LogP contribution in [0.3, 0.4) is 0 Å². The molecule has 0 aromatic rings. The predicted molar refractivity (Wildman–Crippen MR) is 34.5 cm³/mol. The van der Waals surface area contributed by atoms with E-state index in [1.54, 1.807) is 0 Å². The molecule has 1 aliphatic rings. The summed E-state index contributed by atoms with van der Waals surface area (Å²) in [6.07, 6.45) is 3.95. The van der Waals surface area contributed by atoms with Crippen LogP contribution in [0.2, 0.25) is 0 Å². The second kappa shape index (κ2) is 1.90. The van der Waals surface area contributed by atoms with Gasteiger partial charge in [-0.25, -0.2) is 0 Å². The molecule has 2 heteroatoms. The van der Waals surface area contributed by atoms with Crippen LogP contribution in [0.4, 0.5) is 0 Å². The van der Waals surface area contributed by atoms with Crippen molar-refractivity contribution in [3.05, 3.63) is 0 Å². The van der Waals surface area contributed by atoms with Crippen molar-refractivity contribution in [2.45, 2.75) is 12.8 Å². The molecule has 0 radical (unpaired) electrons. The van der Waals surface area contributed by atoms with Gasteiger partial charge in [-0.15, -0.1) is 0 Å². The highest BCUT2D eigenvalue weighted by Gasteiger charge is 1.91. The zero-order valence-electron chi connectivity index (χ0n) is 3.55. The molecule has 1 unspecified atom stereocenters. The Bertz CT molecular complexity index is 111. The Morgan fingerprint density at radius 3 is 2.67 bits per heavy atom. The molecule has 34 valence electrons. The maximum Gasteiger partial charge on any atom is -0.00434 e. The van der Waals surface area contributed by atoms with Gasteiger partial charge < -0.3 is 0 Å². The average Bonchev–Trinajstić information content (AvgIpc) is 1.86. The maximum absolute atomic E-state index is 5.01. The van der Waals surface area contributed by atoms with Crippen molar-refractivity contribution in [1.29, 1.82) is 0 Å². The van der Waals surface area contributed by atoms with E-state index in [2.05, 4.69) is 5.80 Å². The molecule has 0 amide bonds. The van der Waals surface area contributed by atoms with E-state index in [-0.39, 0.29) is 6.32 Å². The fourth-order valence-electron chi connectivity index (χ4n) is 0.574. The summed E-state index contributed by atoms with van der Waals surface area (Å²) in [6.45, 7) is 0. The highest BCUT2D eigenvalue weighted by molar-refractivity contribution is 8.04. The summed E-state index contributed by atoms with van der Waals surface area (Å²) in [6, 6.07) is 0. The van der Waals surface area contributed by atoms with Gasteiger partial charge in [-0.05, 0) is 19.0 Å². The molecular formula is C4H7PS. The lowest BCUT2D eigenvalue weighted by Gasteiger charge is -1.70. The molecule has 0 aliphatic carbocycles. The van der Waals surface area contributed by atoms with Gasteiger partial charge in [0, 0.05) is 0 Å². The fourth-order valence-corrected chi connectivity index (χ4v) is 2.42. The van der Waals surface area contributed by atoms with Crippen molar-refractivity contribution in [3.8, 4) is 0 Å². The zero-order valence-corrected chi connectivity index (χ0v) is 5.27. The Labute approximate surface area is 43.6 Å². The highest BCUT2D eigenvalue weighted by atomic mass is 32.4. The van der Waals surface area contributed by atoms with Crippen LogP contribution in [-0.2, 0) is 11.8 Å². The monoisotopic (exact) mass is 118 g/mol. The van der Waals surface area contributed by atoms with Crippen molar-refractivity contribution in [2.24, 2.45) is 0 Å². The van der Waals surface area contributed by atoms with E-state index in [0.29, 0.717) is 0 Å². The Balaban J connectivity index is 2.68. The van der Waals surface area contributed by atoms with Crippen LogP contribution in [0.1, 0.15) is 12.8 Å². The normalized spacial score (nSPS) is 27.0. The van der Waals surface area contributed by atoms with Crippen LogP contribution < -0.4 is 0 Å². The Hall–Kier alpha value is 0.390. The first-order valence-corrected chi connectivity index (χ1v) is 4.77. The fraction of sp³-hybridized carbons (Fsp3) is 0.750. The number of hydrogen-bond acceptors (Lipinski definition) is 1. The van der Waals surface area contributed by atoms with Crippen LogP contribution in [0.5, 0.6) is 0 Å². The van der Waals surface area contributed by atoms with Gasteiger partial charge in [0.15, 0.2) is 0 Å². The summed E-state index contributed by atoms with van der Waals surface area (Å²) in [5.41, 5.74) is 0. The third-order valence-corrected chi connectivity index (χ3v) is 3.33. The third-order valence-electron chi connectivity index (χ3n) is 0.915. The predicted octanol–water partition coefficient (Wildman–Crippen LogP) is 1.53. The van der Waals surface area contributed by atoms with Gasteiger partial charge in [-0.2, -0.15) is 0 Å². The molecule has 0 N–H and O–H groups in total. The summed E-state index contributed by atoms with van der Waals surface area (Å²) < 4.78 is 0. The van der Waals surface area contributed by atoms with Gasteiger partial charge in [0.25, 0.3) is 0 Å². The minimum Gasteiger partial charge on any atom is -0.0633 e. The van der Waals surface area contributed by atoms with E-state index >= 15 is 0 Å². The molecule has 6 heavy (non-hydrogen) atoms. The van der Waals surface area contributed by atoms with Crippen molar-refractivity contribution < 1.29 is 0 Å². The van der Waals surface area contributed by atoms with Crippen molar-refractivity contribution in [2.75, 3.05) is 6.16 Å². The summed E-state index contributed by atoms with van der Waals surface area (Å²) in [4.78, 5) is 0. The molecule has 0 saturated heterocycles. The molecule has 0 spiro atoms. The van der Waals surface area contributed by atoms with Gasteiger partial charge in [-0.1, -0.05) is 23.9 Å². The largest absolute Gasteiger partial charge is 0.0633 e. The molecule has 0 bridgehead atoms. The van der Waals surface area contributed by atoms with Crippen LogP contribution >= 0.6 is 6.32 Å². The van der Waals surface area contributed by atoms with Gasteiger partial charge in [0.05, 0.1) is 0 Å². The smallest absolute Gasteiger partial charge is 0.00434 e. The summed E-state index contributed by atoms with van der Waals surface area (Å²) >= 11 is 5.01. The molecule has 1 heterocycles. The van der Waals surface area contributed by atoms with Gasteiger partial charge in [0.1, 0.15) is 0 Å². The van der Waals surface area contributed by atoms with E-state index in [9.17, 15) is 0 Å². The highest BCUT2D eigenvalue weighted by Crippen LogP contribution is 2.16. The van der Waals surface area contributed by atoms with E-state index in [1.807, 2.05) is 0 Å². The molecule has 0 saturated carbocycles. The lowest BCUT2D eigenvalue weighted by Crippen LogP contribution is -1.61. The Morgan fingerprint density at radius 2 is 2.50 bits per heavy atom. The van der Waals surface area contributed by atoms with E-state index in [0.717, 1.165) is 0 Å². The summed E-state index contributed by atoms with van der Waals surface area (Å²) in [5.74, 6) is 2.28. The van der Waals surface area contributed by atoms with Gasteiger partial charge >= 0.3 is 0 Å². The summed E-state index contributed by atoms with van der Waals surface area (Å²) in [5, 5.41) is 0. The number of rotatable bonds is 0. The van der Waals surface area contributed by atoms with Crippen molar-refractivity contribution in [1.82, 2.24) is 0 Å². The Kier molecular flexibility index (Phi) is 1.44. The quantitative estimate of drug-likeness (QED) is 0.434. The molecule has 1 rings (SSSR count). The molecule has 0 aromatic heterocycles.